The average Bonchev–Trinajstić information content (AvgIpc) is 2.71. The van der Waals surface area contributed by atoms with Crippen molar-refractivity contribution in [2.75, 3.05) is 32.7 Å². The average molecular weight is 568 g/mol. The summed E-state index contributed by atoms with van der Waals surface area (Å²) in [5.41, 5.74) is -0.266. The molecule has 0 aromatic heterocycles. The zero-order valence-electron chi connectivity index (χ0n) is 18.2. The molecule has 10 nitrogen and oxygen atoms in total. The van der Waals surface area contributed by atoms with Gasteiger partial charge in [-0.15, -0.1) is 24.0 Å². The van der Waals surface area contributed by atoms with Gasteiger partial charge >= 0.3 is 0 Å². The number of sulfonamides is 1. The smallest absolute Gasteiger partial charge is 0.270 e. The molecule has 1 saturated heterocycles. The van der Waals surface area contributed by atoms with Crippen molar-refractivity contribution in [3.05, 3.63) is 34.4 Å². The number of halogens is 1. The van der Waals surface area contributed by atoms with Gasteiger partial charge in [0.2, 0.25) is 10.0 Å². The minimum absolute atomic E-state index is 0. The van der Waals surface area contributed by atoms with Gasteiger partial charge in [-0.05, 0) is 39.7 Å². The first-order chi connectivity index (χ1) is 14.2. The quantitative estimate of drug-likeness (QED) is 0.104. The van der Waals surface area contributed by atoms with E-state index in [1.165, 1.54) is 18.2 Å². The van der Waals surface area contributed by atoms with Gasteiger partial charge in [-0.25, -0.2) is 13.1 Å². The highest BCUT2D eigenvalue weighted by Gasteiger charge is 2.21. The number of hydrogen-bond acceptors (Lipinski definition) is 6. The molecule has 176 valence electrons. The lowest BCUT2D eigenvalue weighted by molar-refractivity contribution is -0.385. The number of nitrogens with one attached hydrogen (secondary N) is 3. The van der Waals surface area contributed by atoms with Gasteiger partial charge in [0.25, 0.3) is 5.69 Å². The second kappa shape index (κ2) is 13.1. The Hall–Kier alpha value is -1.51. The molecule has 0 atom stereocenters. The highest BCUT2D eigenvalue weighted by atomic mass is 127. The van der Waals surface area contributed by atoms with Crippen molar-refractivity contribution in [2.24, 2.45) is 4.99 Å². The summed E-state index contributed by atoms with van der Waals surface area (Å²) in [6, 6.07) is 5.85. The van der Waals surface area contributed by atoms with Crippen LogP contribution in [0.4, 0.5) is 5.69 Å². The molecule has 1 heterocycles. The molecule has 1 aromatic carbocycles. The molecular weight excluding hydrogens is 535 g/mol. The highest BCUT2D eigenvalue weighted by Crippen LogP contribution is 2.17. The Morgan fingerprint density at radius 3 is 2.58 bits per heavy atom. The number of non-ortho nitro benzene ring substituents is 1. The molecule has 0 radical (unpaired) electrons. The number of aliphatic imine (C=N–C) groups is 1. The summed E-state index contributed by atoms with van der Waals surface area (Å²) in [5, 5.41) is 17.5. The minimum Gasteiger partial charge on any atom is -0.357 e. The summed E-state index contributed by atoms with van der Waals surface area (Å²) in [7, 11) is -3.84. The Balaban J connectivity index is 0.00000480. The van der Waals surface area contributed by atoms with Crippen LogP contribution in [-0.4, -0.2) is 69.0 Å². The van der Waals surface area contributed by atoms with E-state index in [0.717, 1.165) is 32.0 Å². The van der Waals surface area contributed by atoms with Crippen LogP contribution in [0.1, 0.15) is 33.6 Å². The van der Waals surface area contributed by atoms with Crippen LogP contribution in [0.15, 0.2) is 34.2 Å². The Kier molecular flexibility index (Phi) is 11.7. The van der Waals surface area contributed by atoms with E-state index in [9.17, 15) is 18.5 Å². The lowest BCUT2D eigenvalue weighted by Crippen LogP contribution is -2.50. The lowest BCUT2D eigenvalue weighted by atomic mass is 10.0. The van der Waals surface area contributed by atoms with Gasteiger partial charge in [-0.2, -0.15) is 0 Å². The third-order valence-corrected chi connectivity index (χ3v) is 6.42. The summed E-state index contributed by atoms with van der Waals surface area (Å²) in [5.74, 6) is 0.662. The van der Waals surface area contributed by atoms with E-state index in [0.29, 0.717) is 24.6 Å². The van der Waals surface area contributed by atoms with Crippen LogP contribution in [0.25, 0.3) is 0 Å². The summed E-state index contributed by atoms with van der Waals surface area (Å²) in [4.78, 5) is 17.0. The van der Waals surface area contributed by atoms with Crippen LogP contribution in [0, 0.1) is 10.1 Å². The Morgan fingerprint density at radius 1 is 1.32 bits per heavy atom. The first kappa shape index (κ1) is 27.5. The van der Waals surface area contributed by atoms with E-state index in [1.807, 2.05) is 6.92 Å². The zero-order chi connectivity index (χ0) is 22.1. The fraction of sp³-hybridized carbons (Fsp3) is 0.632. The summed E-state index contributed by atoms with van der Waals surface area (Å²) in [6.45, 7) is 9.50. The molecular formula is C19H33IN6O4S. The molecule has 1 fully saturated rings. The molecule has 1 aromatic rings. The molecule has 0 aliphatic carbocycles. The van der Waals surface area contributed by atoms with Crippen molar-refractivity contribution in [3.63, 3.8) is 0 Å². The molecule has 0 unspecified atom stereocenters. The van der Waals surface area contributed by atoms with Crippen molar-refractivity contribution in [2.45, 2.75) is 50.6 Å². The van der Waals surface area contributed by atoms with Crippen LogP contribution >= 0.6 is 24.0 Å². The molecule has 0 bridgehead atoms. The fourth-order valence-electron chi connectivity index (χ4n) is 3.27. The minimum atomic E-state index is -3.84. The van der Waals surface area contributed by atoms with E-state index >= 15 is 0 Å². The summed E-state index contributed by atoms with van der Waals surface area (Å²) < 4.78 is 27.2. The van der Waals surface area contributed by atoms with Gasteiger partial charge in [0.05, 0.1) is 16.4 Å². The van der Waals surface area contributed by atoms with E-state index in [2.05, 4.69) is 39.1 Å². The maximum Gasteiger partial charge on any atom is 0.270 e. The number of hydrogen-bond donors (Lipinski definition) is 3. The molecule has 1 aliphatic heterocycles. The summed E-state index contributed by atoms with van der Waals surface area (Å²) >= 11 is 0. The second-order valence-corrected chi connectivity index (χ2v) is 9.23. The number of nitrogens with zero attached hydrogens (tertiary/aromatic N) is 3. The molecule has 0 spiro atoms. The Bertz CT molecular complexity index is 842. The number of benzene rings is 1. The normalized spacial score (nSPS) is 16.1. The molecule has 0 amide bonds. The van der Waals surface area contributed by atoms with Gasteiger partial charge in [0, 0.05) is 50.4 Å². The number of rotatable bonds is 9. The molecule has 0 saturated carbocycles. The monoisotopic (exact) mass is 568 g/mol. The van der Waals surface area contributed by atoms with E-state index in [1.54, 1.807) is 0 Å². The van der Waals surface area contributed by atoms with Crippen molar-refractivity contribution < 1.29 is 13.3 Å². The maximum absolute atomic E-state index is 12.4. The van der Waals surface area contributed by atoms with E-state index in [-0.39, 0.29) is 47.6 Å². The van der Waals surface area contributed by atoms with E-state index < -0.39 is 14.9 Å². The number of nitro groups is 1. The number of piperidine rings is 1. The number of guanidine groups is 1. The number of likely N-dealkylation sites (tertiary alicyclic amines) is 1. The first-order valence-electron chi connectivity index (χ1n) is 10.3. The third-order valence-electron chi connectivity index (χ3n) is 4.96. The fourth-order valence-corrected chi connectivity index (χ4v) is 4.33. The van der Waals surface area contributed by atoms with Gasteiger partial charge in [0.15, 0.2) is 5.96 Å². The molecule has 2 rings (SSSR count). The lowest BCUT2D eigenvalue weighted by Gasteiger charge is -2.35. The van der Waals surface area contributed by atoms with Gasteiger partial charge < -0.3 is 15.5 Å². The van der Waals surface area contributed by atoms with Gasteiger partial charge in [0.1, 0.15) is 0 Å². The summed E-state index contributed by atoms with van der Waals surface area (Å²) in [6.07, 6.45) is 2.06. The van der Waals surface area contributed by atoms with Crippen LogP contribution in [0.2, 0.25) is 0 Å². The van der Waals surface area contributed by atoms with Gasteiger partial charge in [-0.3, -0.25) is 15.1 Å². The van der Waals surface area contributed by atoms with Crippen molar-refractivity contribution in [3.8, 4) is 0 Å². The largest absolute Gasteiger partial charge is 0.357 e. The Labute approximate surface area is 201 Å². The van der Waals surface area contributed by atoms with Crippen LogP contribution in [0.3, 0.4) is 0 Å². The van der Waals surface area contributed by atoms with Crippen molar-refractivity contribution in [1.82, 2.24) is 20.3 Å². The van der Waals surface area contributed by atoms with Crippen LogP contribution < -0.4 is 15.4 Å². The Morgan fingerprint density at radius 2 is 2.00 bits per heavy atom. The third kappa shape index (κ3) is 8.86. The predicted molar refractivity (Wildman–Crippen MR) is 133 cm³/mol. The maximum atomic E-state index is 12.4. The first-order valence-corrected chi connectivity index (χ1v) is 11.7. The molecule has 12 heteroatoms. The highest BCUT2D eigenvalue weighted by molar-refractivity contribution is 14.0. The van der Waals surface area contributed by atoms with Crippen molar-refractivity contribution in [1.29, 1.82) is 0 Å². The van der Waals surface area contributed by atoms with Crippen LogP contribution in [0.5, 0.6) is 0 Å². The standard InChI is InChI=1S/C19H32N6O4S.HI/c1-4-20-19(23-16-8-12-24(13-9-16)15(2)3)21-10-11-22-30(28,29)18-7-5-6-17(14-18)25(26)27;/h5-7,14-16,22H,4,8-13H2,1-3H3,(H2,20,21,23);1H. The van der Waals surface area contributed by atoms with E-state index in [4.69, 9.17) is 0 Å². The molecule has 3 N–H and O–H groups in total. The topological polar surface area (TPSA) is 129 Å². The zero-order valence-corrected chi connectivity index (χ0v) is 21.4. The SMILES string of the molecule is CCNC(=NCCNS(=O)(=O)c1cccc([N+](=O)[O-])c1)NC1CCN(C(C)C)CC1.I. The second-order valence-electron chi connectivity index (χ2n) is 7.46. The predicted octanol–water partition coefficient (Wildman–Crippen LogP) is 1.92. The number of nitro benzene ring substituents is 1. The van der Waals surface area contributed by atoms with Crippen molar-refractivity contribution >= 4 is 45.6 Å². The molecule has 31 heavy (non-hydrogen) atoms. The molecule has 1 aliphatic rings. The van der Waals surface area contributed by atoms with Crippen LogP contribution in [-0.2, 0) is 10.0 Å². The van der Waals surface area contributed by atoms with Gasteiger partial charge in [-0.1, -0.05) is 6.07 Å².